The van der Waals surface area contributed by atoms with Gasteiger partial charge in [0.15, 0.2) is 5.82 Å². The first kappa shape index (κ1) is 28.2. The molecule has 13 heteroatoms. The molecule has 3 atom stereocenters. The lowest BCUT2D eigenvalue weighted by Crippen LogP contribution is -2.52. The van der Waals surface area contributed by atoms with Crippen molar-refractivity contribution in [2.45, 2.75) is 56.9 Å². The maximum atomic E-state index is 16.5. The molecule has 220 valence electrons. The van der Waals surface area contributed by atoms with Gasteiger partial charge in [0.1, 0.15) is 23.8 Å². The van der Waals surface area contributed by atoms with E-state index < -0.39 is 28.8 Å². The topological polar surface area (TPSA) is 83.6 Å². The third kappa shape index (κ3) is 5.03. The number of fused-ring (bicyclic) bond motifs is 3. The number of benzene rings is 1. The highest BCUT2D eigenvalue weighted by molar-refractivity contribution is 6.34. The van der Waals surface area contributed by atoms with E-state index in [0.29, 0.717) is 43.0 Å². The fourth-order valence-corrected chi connectivity index (χ4v) is 6.85. The zero-order valence-corrected chi connectivity index (χ0v) is 23.9. The van der Waals surface area contributed by atoms with E-state index in [0.717, 1.165) is 38.3 Å². The van der Waals surface area contributed by atoms with Crippen molar-refractivity contribution >= 4 is 34.1 Å². The van der Waals surface area contributed by atoms with Gasteiger partial charge in [-0.05, 0) is 70.9 Å². The number of likely N-dealkylation sites (N-methyl/N-ethyl adjacent to an activating group) is 2. The maximum absolute atomic E-state index is 16.5. The molecule has 0 radical (unpaired) electrons. The van der Waals surface area contributed by atoms with Gasteiger partial charge in [-0.15, -0.1) is 0 Å². The highest BCUT2D eigenvalue weighted by atomic mass is 35.5. The van der Waals surface area contributed by atoms with E-state index in [1.165, 1.54) is 13.0 Å². The van der Waals surface area contributed by atoms with Crippen molar-refractivity contribution in [1.29, 1.82) is 0 Å². The summed E-state index contributed by atoms with van der Waals surface area (Å²) in [6.07, 6.45) is -0.741. The predicted octanol–water partition coefficient (Wildman–Crippen LogP) is 5.15. The molecule has 3 saturated heterocycles. The molecule has 6 rings (SSSR count). The molecule has 2 bridgehead atoms. The minimum Gasteiger partial charge on any atom is -0.462 e. The number of anilines is 2. The Bertz CT molecular complexity index is 1490. The molecule has 3 fully saturated rings. The van der Waals surface area contributed by atoms with Gasteiger partial charge in [0.05, 0.1) is 21.8 Å². The molecule has 0 spiro atoms. The monoisotopic (exact) mass is 593 g/mol. The number of alkyl halides is 3. The summed E-state index contributed by atoms with van der Waals surface area (Å²) in [6, 6.07) is 3.29. The van der Waals surface area contributed by atoms with Gasteiger partial charge in [-0.25, -0.2) is 9.37 Å². The number of nitrogens with zero attached hydrogens (tertiary/aromatic N) is 6. The zero-order chi connectivity index (χ0) is 29.2. The SMILES string of the molecule is Cc1cc(N)nc(-c2c(Cl)cc3c(N4C[C@@H]5CC[C@@H](C4)N5C)nc(OC[C@@H]4CCCN4C)nc3c2F)c1C(F)(F)F. The number of aryl methyl sites for hydroxylation is 1. The van der Waals surface area contributed by atoms with Crippen LogP contribution in [0.2, 0.25) is 5.02 Å². The summed E-state index contributed by atoms with van der Waals surface area (Å²) in [5.41, 5.74) is 3.18. The standard InChI is InChI=1S/C28H32ClF4N7O/c1-14-9-20(34)35-25(22(14)28(31,32)33)21-19(29)10-18-24(23(21)30)36-27(41-13-17-5-4-8-38(17)2)37-26(18)40-11-15-6-7-16(12-40)39(15)3/h9-10,15-17H,4-8,11-13H2,1-3H3,(H2,34,35)/t15-,16-,17-/m0/s1. The highest BCUT2D eigenvalue weighted by Gasteiger charge is 2.40. The van der Waals surface area contributed by atoms with E-state index in [4.69, 9.17) is 27.1 Å². The van der Waals surface area contributed by atoms with Crippen LogP contribution in [0.25, 0.3) is 22.2 Å². The lowest BCUT2D eigenvalue weighted by atomic mass is 9.99. The van der Waals surface area contributed by atoms with Crippen molar-refractivity contribution in [3.05, 3.63) is 34.1 Å². The summed E-state index contributed by atoms with van der Waals surface area (Å²) in [5.74, 6) is -0.754. The molecule has 8 nitrogen and oxygen atoms in total. The van der Waals surface area contributed by atoms with Crippen molar-refractivity contribution in [3.63, 3.8) is 0 Å². The average Bonchev–Trinajstić information content (AvgIpc) is 3.36. The number of hydrogen-bond donors (Lipinski definition) is 1. The smallest absolute Gasteiger partial charge is 0.418 e. The van der Waals surface area contributed by atoms with Crippen LogP contribution in [-0.4, -0.2) is 83.2 Å². The van der Waals surface area contributed by atoms with Gasteiger partial charge in [0.25, 0.3) is 0 Å². The van der Waals surface area contributed by atoms with Gasteiger partial charge in [-0.1, -0.05) is 11.6 Å². The fourth-order valence-electron chi connectivity index (χ4n) is 6.57. The minimum absolute atomic E-state index is 0.0287. The van der Waals surface area contributed by atoms with Crippen molar-refractivity contribution < 1.29 is 22.3 Å². The molecule has 0 unspecified atom stereocenters. The summed E-state index contributed by atoms with van der Waals surface area (Å²) >= 11 is 6.57. The molecule has 0 aliphatic carbocycles. The van der Waals surface area contributed by atoms with E-state index in [9.17, 15) is 13.2 Å². The third-order valence-corrected chi connectivity index (χ3v) is 9.12. The molecule has 0 saturated carbocycles. The number of halogens is 5. The number of aromatic nitrogens is 3. The molecule has 0 amide bonds. The average molecular weight is 594 g/mol. The van der Waals surface area contributed by atoms with Crippen LogP contribution in [0.5, 0.6) is 6.01 Å². The molecular formula is C28H32ClF4N7O. The van der Waals surface area contributed by atoms with E-state index >= 15 is 4.39 Å². The number of nitrogen functional groups attached to an aromatic ring is 1. The molecule has 5 heterocycles. The van der Waals surface area contributed by atoms with E-state index in [-0.39, 0.29) is 34.0 Å². The third-order valence-electron chi connectivity index (χ3n) is 8.82. The Hall–Kier alpha value is -2.96. The van der Waals surface area contributed by atoms with Gasteiger partial charge < -0.3 is 20.3 Å². The summed E-state index contributed by atoms with van der Waals surface area (Å²) < 4.78 is 65.0. The van der Waals surface area contributed by atoms with Crippen LogP contribution in [0.1, 0.15) is 36.8 Å². The lowest BCUT2D eigenvalue weighted by molar-refractivity contribution is -0.137. The van der Waals surface area contributed by atoms with E-state index in [2.05, 4.69) is 31.7 Å². The first-order chi connectivity index (χ1) is 19.4. The largest absolute Gasteiger partial charge is 0.462 e. The summed E-state index contributed by atoms with van der Waals surface area (Å²) in [7, 11) is 4.12. The zero-order valence-electron chi connectivity index (χ0n) is 23.1. The van der Waals surface area contributed by atoms with Crippen LogP contribution in [-0.2, 0) is 6.18 Å². The van der Waals surface area contributed by atoms with Gasteiger partial charge in [0.2, 0.25) is 0 Å². The molecule has 41 heavy (non-hydrogen) atoms. The number of likely N-dealkylation sites (tertiary alicyclic amines) is 1. The van der Waals surface area contributed by atoms with Crippen LogP contribution in [0.3, 0.4) is 0 Å². The normalized spacial score (nSPS) is 23.6. The van der Waals surface area contributed by atoms with Crippen molar-refractivity contribution in [3.8, 4) is 17.3 Å². The van der Waals surface area contributed by atoms with Crippen molar-refractivity contribution in [1.82, 2.24) is 24.8 Å². The van der Waals surface area contributed by atoms with Crippen molar-refractivity contribution in [2.24, 2.45) is 0 Å². The van der Waals surface area contributed by atoms with Crippen molar-refractivity contribution in [2.75, 3.05) is 51.0 Å². The second-order valence-corrected chi connectivity index (χ2v) is 11.8. The van der Waals surface area contributed by atoms with Crippen LogP contribution in [0, 0.1) is 12.7 Å². The fraction of sp³-hybridized carbons (Fsp3) is 0.536. The molecule has 2 N–H and O–H groups in total. The van der Waals surface area contributed by atoms with Gasteiger partial charge >= 0.3 is 12.2 Å². The minimum atomic E-state index is -4.82. The number of ether oxygens (including phenoxy) is 1. The number of hydrogen-bond acceptors (Lipinski definition) is 8. The summed E-state index contributed by atoms with van der Waals surface area (Å²) in [4.78, 5) is 19.6. The van der Waals surface area contributed by atoms with Crippen LogP contribution < -0.4 is 15.4 Å². The Morgan fingerprint density at radius 1 is 1.07 bits per heavy atom. The van der Waals surface area contributed by atoms with Crippen LogP contribution >= 0.6 is 11.6 Å². The Kier molecular flexibility index (Phi) is 7.14. The molecule has 2 aromatic heterocycles. The lowest BCUT2D eigenvalue weighted by Gasteiger charge is -2.39. The Balaban J connectivity index is 1.52. The summed E-state index contributed by atoms with van der Waals surface area (Å²) in [5, 5.41) is 0.0703. The van der Waals surface area contributed by atoms with E-state index in [1.807, 2.05) is 7.05 Å². The number of rotatable bonds is 5. The van der Waals surface area contributed by atoms with Crippen LogP contribution in [0.4, 0.5) is 29.2 Å². The van der Waals surface area contributed by atoms with Crippen LogP contribution in [0.15, 0.2) is 12.1 Å². The molecule has 3 aliphatic heterocycles. The highest BCUT2D eigenvalue weighted by Crippen LogP contribution is 2.45. The summed E-state index contributed by atoms with van der Waals surface area (Å²) in [6.45, 7) is 3.85. The Morgan fingerprint density at radius 2 is 1.78 bits per heavy atom. The maximum Gasteiger partial charge on any atom is 0.418 e. The molecule has 3 aliphatic rings. The molecule has 3 aromatic rings. The number of pyridine rings is 1. The van der Waals surface area contributed by atoms with Gasteiger partial charge in [-0.2, -0.15) is 23.1 Å². The number of piperazine rings is 1. The van der Waals surface area contributed by atoms with E-state index in [1.54, 1.807) is 0 Å². The Labute approximate surface area is 240 Å². The Morgan fingerprint density at radius 3 is 2.41 bits per heavy atom. The second kappa shape index (κ2) is 10.4. The molecular weight excluding hydrogens is 562 g/mol. The second-order valence-electron chi connectivity index (χ2n) is 11.4. The van der Waals surface area contributed by atoms with Gasteiger partial charge in [-0.3, -0.25) is 4.90 Å². The first-order valence-electron chi connectivity index (χ1n) is 13.8. The quantitative estimate of drug-likeness (QED) is 0.407. The predicted molar refractivity (Wildman–Crippen MR) is 150 cm³/mol. The number of nitrogens with two attached hydrogens (primary N) is 1. The molecule has 1 aromatic carbocycles. The van der Waals surface area contributed by atoms with Gasteiger partial charge in [0, 0.05) is 36.6 Å². The first-order valence-corrected chi connectivity index (χ1v) is 14.1.